The number of carbonyl (C=O) groups is 1. The van der Waals surface area contributed by atoms with Crippen molar-refractivity contribution in [2.45, 2.75) is 25.9 Å². The summed E-state index contributed by atoms with van der Waals surface area (Å²) in [5.41, 5.74) is 2.76. The molecule has 0 saturated heterocycles. The van der Waals surface area contributed by atoms with E-state index in [1.807, 2.05) is 37.3 Å². The Morgan fingerprint density at radius 1 is 1.19 bits per heavy atom. The molecule has 0 aliphatic carbocycles. The van der Waals surface area contributed by atoms with E-state index in [1.165, 1.54) is 18.3 Å². The number of aromatic nitrogens is 2. The standard InChI is InChI=1S/C21H22FN3O2/c1-2-19-18(14-24-25(19)17-10-8-16(22)9-11-17)21(27)23-13-12-20(26)15-6-4-3-5-7-15/h3-11,14,20,26H,2,12-13H2,1H3,(H,23,27)/t20-/m0/s1. The monoisotopic (exact) mass is 367 g/mol. The second kappa shape index (κ2) is 8.60. The Morgan fingerprint density at radius 3 is 2.56 bits per heavy atom. The molecule has 0 spiro atoms. The molecule has 2 N–H and O–H groups in total. The third kappa shape index (κ3) is 4.41. The summed E-state index contributed by atoms with van der Waals surface area (Å²) >= 11 is 0. The first-order valence-corrected chi connectivity index (χ1v) is 8.94. The maximum absolute atomic E-state index is 13.1. The van der Waals surface area contributed by atoms with Crippen LogP contribution in [0.3, 0.4) is 0 Å². The van der Waals surface area contributed by atoms with E-state index in [0.29, 0.717) is 30.6 Å². The Kier molecular flexibility index (Phi) is 5.98. The summed E-state index contributed by atoms with van der Waals surface area (Å²) in [7, 11) is 0. The number of aliphatic hydroxyl groups excluding tert-OH is 1. The molecule has 5 nitrogen and oxygen atoms in total. The zero-order valence-corrected chi connectivity index (χ0v) is 15.1. The van der Waals surface area contributed by atoms with Crippen LogP contribution in [0.2, 0.25) is 0 Å². The summed E-state index contributed by atoms with van der Waals surface area (Å²) in [6, 6.07) is 15.3. The zero-order valence-electron chi connectivity index (χ0n) is 15.1. The second-order valence-corrected chi connectivity index (χ2v) is 6.22. The van der Waals surface area contributed by atoms with Crippen molar-refractivity contribution < 1.29 is 14.3 Å². The quantitative estimate of drug-likeness (QED) is 0.672. The molecule has 0 bridgehead atoms. The molecule has 0 unspecified atom stereocenters. The lowest BCUT2D eigenvalue weighted by Crippen LogP contribution is -2.26. The molecule has 3 rings (SSSR count). The minimum absolute atomic E-state index is 0.236. The van der Waals surface area contributed by atoms with Gasteiger partial charge in [0, 0.05) is 6.54 Å². The average molecular weight is 367 g/mol. The number of aliphatic hydroxyl groups is 1. The molecule has 6 heteroatoms. The Bertz CT molecular complexity index is 892. The van der Waals surface area contributed by atoms with Gasteiger partial charge in [0.25, 0.3) is 5.91 Å². The van der Waals surface area contributed by atoms with Gasteiger partial charge in [0.15, 0.2) is 0 Å². The molecule has 0 aliphatic rings. The van der Waals surface area contributed by atoms with Gasteiger partial charge in [0.2, 0.25) is 0 Å². The van der Waals surface area contributed by atoms with Crippen LogP contribution in [0.1, 0.15) is 41.1 Å². The van der Waals surface area contributed by atoms with E-state index in [-0.39, 0.29) is 11.7 Å². The number of hydrogen-bond donors (Lipinski definition) is 2. The van der Waals surface area contributed by atoms with Crippen LogP contribution in [0.25, 0.3) is 5.69 Å². The highest BCUT2D eigenvalue weighted by Crippen LogP contribution is 2.17. The van der Waals surface area contributed by atoms with E-state index in [4.69, 9.17) is 0 Å². The third-order valence-electron chi connectivity index (χ3n) is 4.41. The molecule has 0 radical (unpaired) electrons. The lowest BCUT2D eigenvalue weighted by Gasteiger charge is -2.12. The van der Waals surface area contributed by atoms with Gasteiger partial charge in [-0.15, -0.1) is 0 Å². The van der Waals surface area contributed by atoms with Gasteiger partial charge in [-0.1, -0.05) is 37.3 Å². The predicted octanol–water partition coefficient (Wildman–Crippen LogP) is 3.43. The SMILES string of the molecule is CCc1c(C(=O)NCC[C@H](O)c2ccccc2)cnn1-c1ccc(F)cc1. The van der Waals surface area contributed by atoms with E-state index in [0.717, 1.165) is 11.3 Å². The molecule has 1 amide bonds. The summed E-state index contributed by atoms with van der Waals surface area (Å²) < 4.78 is 14.8. The van der Waals surface area contributed by atoms with Gasteiger partial charge in [-0.3, -0.25) is 4.79 Å². The fraction of sp³-hybridized carbons (Fsp3) is 0.238. The Balaban J connectivity index is 1.65. The van der Waals surface area contributed by atoms with E-state index in [1.54, 1.807) is 16.8 Å². The van der Waals surface area contributed by atoms with Gasteiger partial charge in [0.05, 0.1) is 29.2 Å². The Morgan fingerprint density at radius 2 is 1.89 bits per heavy atom. The maximum atomic E-state index is 13.1. The summed E-state index contributed by atoms with van der Waals surface area (Å²) in [6.07, 6.45) is 1.92. The summed E-state index contributed by atoms with van der Waals surface area (Å²) in [6.45, 7) is 2.28. The van der Waals surface area contributed by atoms with Crippen molar-refractivity contribution in [2.24, 2.45) is 0 Å². The summed E-state index contributed by atoms with van der Waals surface area (Å²) in [5.74, 6) is -0.556. The third-order valence-corrected chi connectivity index (χ3v) is 4.41. The van der Waals surface area contributed by atoms with Gasteiger partial charge in [-0.25, -0.2) is 9.07 Å². The molecule has 1 aromatic heterocycles. The number of halogens is 1. The molecule has 2 aromatic carbocycles. The van der Waals surface area contributed by atoms with Crippen LogP contribution in [0.5, 0.6) is 0 Å². The van der Waals surface area contributed by atoms with Crippen LogP contribution in [0, 0.1) is 5.82 Å². The van der Waals surface area contributed by atoms with Gasteiger partial charge >= 0.3 is 0 Å². The molecule has 140 valence electrons. The molecule has 27 heavy (non-hydrogen) atoms. The molecule has 0 aliphatic heterocycles. The van der Waals surface area contributed by atoms with E-state index < -0.39 is 6.10 Å². The first kappa shape index (κ1) is 18.8. The lowest BCUT2D eigenvalue weighted by atomic mass is 10.1. The first-order valence-electron chi connectivity index (χ1n) is 8.94. The van der Waals surface area contributed by atoms with E-state index in [9.17, 15) is 14.3 Å². The fourth-order valence-electron chi connectivity index (χ4n) is 2.97. The highest BCUT2D eigenvalue weighted by atomic mass is 19.1. The van der Waals surface area contributed by atoms with Crippen LogP contribution >= 0.6 is 0 Å². The van der Waals surface area contributed by atoms with Crippen molar-refractivity contribution in [3.05, 3.63) is 83.4 Å². The van der Waals surface area contributed by atoms with Crippen LogP contribution in [0.15, 0.2) is 60.8 Å². The molecule has 1 atom stereocenters. The predicted molar refractivity (Wildman–Crippen MR) is 101 cm³/mol. The molecule has 0 fully saturated rings. The highest BCUT2D eigenvalue weighted by molar-refractivity contribution is 5.95. The number of benzene rings is 2. The average Bonchev–Trinajstić information content (AvgIpc) is 3.13. The number of nitrogens with zero attached hydrogens (tertiary/aromatic N) is 2. The Labute approximate surface area is 157 Å². The first-order chi connectivity index (χ1) is 13.1. The van der Waals surface area contributed by atoms with Crippen molar-refractivity contribution in [1.29, 1.82) is 0 Å². The van der Waals surface area contributed by atoms with Gasteiger partial charge < -0.3 is 10.4 Å². The second-order valence-electron chi connectivity index (χ2n) is 6.22. The molecule has 3 aromatic rings. The van der Waals surface area contributed by atoms with E-state index >= 15 is 0 Å². The molecular formula is C21H22FN3O2. The number of hydrogen-bond acceptors (Lipinski definition) is 3. The summed E-state index contributed by atoms with van der Waals surface area (Å²) in [4.78, 5) is 12.5. The minimum atomic E-state index is -0.626. The number of nitrogens with one attached hydrogen (secondary N) is 1. The molecule has 0 saturated carbocycles. The van der Waals surface area contributed by atoms with Crippen molar-refractivity contribution in [3.8, 4) is 5.69 Å². The van der Waals surface area contributed by atoms with Crippen molar-refractivity contribution >= 4 is 5.91 Å². The molecular weight excluding hydrogens is 345 g/mol. The van der Waals surface area contributed by atoms with Crippen molar-refractivity contribution in [1.82, 2.24) is 15.1 Å². The fourth-order valence-corrected chi connectivity index (χ4v) is 2.97. The van der Waals surface area contributed by atoms with Gasteiger partial charge in [0.1, 0.15) is 5.82 Å². The minimum Gasteiger partial charge on any atom is -0.388 e. The van der Waals surface area contributed by atoms with Crippen LogP contribution in [-0.4, -0.2) is 27.3 Å². The normalized spacial score (nSPS) is 12.0. The largest absolute Gasteiger partial charge is 0.388 e. The number of rotatable bonds is 7. The topological polar surface area (TPSA) is 67.2 Å². The van der Waals surface area contributed by atoms with Crippen molar-refractivity contribution in [3.63, 3.8) is 0 Å². The van der Waals surface area contributed by atoms with Crippen LogP contribution < -0.4 is 5.32 Å². The van der Waals surface area contributed by atoms with E-state index in [2.05, 4.69) is 10.4 Å². The van der Waals surface area contributed by atoms with Crippen LogP contribution in [0.4, 0.5) is 4.39 Å². The highest BCUT2D eigenvalue weighted by Gasteiger charge is 2.17. The number of carbonyl (C=O) groups excluding carboxylic acids is 1. The number of amides is 1. The zero-order chi connectivity index (χ0) is 19.2. The Hall–Kier alpha value is -2.99. The van der Waals surface area contributed by atoms with Gasteiger partial charge in [-0.05, 0) is 42.7 Å². The van der Waals surface area contributed by atoms with Crippen LogP contribution in [-0.2, 0) is 6.42 Å². The maximum Gasteiger partial charge on any atom is 0.254 e. The lowest BCUT2D eigenvalue weighted by molar-refractivity contribution is 0.0941. The molecule has 1 heterocycles. The smallest absolute Gasteiger partial charge is 0.254 e. The summed E-state index contributed by atoms with van der Waals surface area (Å²) in [5, 5.41) is 17.3. The van der Waals surface area contributed by atoms with Crippen molar-refractivity contribution in [2.75, 3.05) is 6.54 Å². The van der Waals surface area contributed by atoms with Gasteiger partial charge in [-0.2, -0.15) is 5.10 Å².